The van der Waals surface area contributed by atoms with Crippen LogP contribution in [0.1, 0.15) is 34.3 Å². The van der Waals surface area contributed by atoms with Crippen LogP contribution in [0.3, 0.4) is 0 Å². The monoisotopic (exact) mass is 326 g/mol. The van der Waals surface area contributed by atoms with Gasteiger partial charge in [-0.25, -0.2) is 0 Å². The van der Waals surface area contributed by atoms with Gasteiger partial charge in [-0.2, -0.15) is 4.37 Å². The van der Waals surface area contributed by atoms with Crippen molar-refractivity contribution >= 4 is 17.5 Å². The molecule has 0 amide bonds. The molecule has 1 aliphatic rings. The summed E-state index contributed by atoms with van der Waals surface area (Å²) >= 11 is 0.849. The van der Waals surface area contributed by atoms with Crippen LogP contribution >= 0.6 is 11.7 Å². The summed E-state index contributed by atoms with van der Waals surface area (Å²) < 4.78 is 94.7. The van der Waals surface area contributed by atoms with Gasteiger partial charge in [-0.3, -0.25) is 0 Å². The van der Waals surface area contributed by atoms with Crippen molar-refractivity contribution in [3.63, 3.8) is 0 Å². The van der Waals surface area contributed by atoms with Crippen LogP contribution in [0.5, 0.6) is 5.88 Å². The number of hydrogen-bond acceptors (Lipinski definition) is 8. The molecule has 0 unspecified atom stereocenters. The summed E-state index contributed by atoms with van der Waals surface area (Å²) in [5, 5.41) is 12.3. The zero-order valence-corrected chi connectivity index (χ0v) is 12.1. The van der Waals surface area contributed by atoms with Gasteiger partial charge < -0.3 is 24.8 Å². The number of rotatable bonds is 6. The number of anilines is 1. The van der Waals surface area contributed by atoms with Crippen molar-refractivity contribution in [2.75, 3.05) is 44.4 Å². The number of ether oxygens (including phenoxy) is 2. The third kappa shape index (κ3) is 5.39. The van der Waals surface area contributed by atoms with Gasteiger partial charge in [0.25, 0.3) is 5.88 Å². The van der Waals surface area contributed by atoms with E-state index in [4.69, 9.17) is 23.2 Å². The topological polar surface area (TPSA) is 79.7 Å². The standard InChI is InChI=1S/C13H24N4O3S/c1-13(2,3)14-8-10(18)9-20-12-11(15-21-16-12)17-4-6-19-7-5-17/h10,14,18H,4-9H2,1-3H3/t10-/m1/s1/i1D3,2D3,3D3,10D. The Balaban J connectivity index is 2.14. The lowest BCUT2D eigenvalue weighted by Gasteiger charge is -2.27. The van der Waals surface area contributed by atoms with Gasteiger partial charge in [0.1, 0.15) is 12.7 Å². The molecule has 1 aliphatic heterocycles. The quantitative estimate of drug-likeness (QED) is 0.788. The number of morpholine rings is 1. The Morgan fingerprint density at radius 1 is 1.52 bits per heavy atom. The van der Waals surface area contributed by atoms with Gasteiger partial charge >= 0.3 is 0 Å². The molecule has 1 saturated heterocycles. The lowest BCUT2D eigenvalue weighted by atomic mass is 10.1. The van der Waals surface area contributed by atoms with E-state index in [-0.39, 0.29) is 5.88 Å². The number of aromatic nitrogens is 2. The van der Waals surface area contributed by atoms with Crippen LogP contribution in [0.4, 0.5) is 5.82 Å². The van der Waals surface area contributed by atoms with Crippen molar-refractivity contribution in [1.29, 1.82) is 0 Å². The zero-order valence-electron chi connectivity index (χ0n) is 21.3. The summed E-state index contributed by atoms with van der Waals surface area (Å²) in [6, 6.07) is 0. The predicted molar refractivity (Wildman–Crippen MR) is 82.2 cm³/mol. The summed E-state index contributed by atoms with van der Waals surface area (Å²) in [7, 11) is 0. The van der Waals surface area contributed by atoms with E-state index in [0.717, 1.165) is 11.7 Å². The van der Waals surface area contributed by atoms with Crippen LogP contribution in [-0.2, 0) is 4.74 Å². The minimum Gasteiger partial charge on any atom is -0.472 e. The van der Waals surface area contributed by atoms with Gasteiger partial charge in [0.2, 0.25) is 5.82 Å². The molecule has 21 heavy (non-hydrogen) atoms. The van der Waals surface area contributed by atoms with Crippen LogP contribution in [0, 0.1) is 0 Å². The molecule has 1 atom stereocenters. The van der Waals surface area contributed by atoms with Crippen LogP contribution in [-0.4, -0.2) is 64.9 Å². The molecule has 1 fully saturated rings. The van der Waals surface area contributed by atoms with Crippen molar-refractivity contribution in [1.82, 2.24) is 14.1 Å². The van der Waals surface area contributed by atoms with Gasteiger partial charge in [-0.1, -0.05) is 0 Å². The maximum Gasteiger partial charge on any atom is 0.270 e. The molecule has 0 radical (unpaired) electrons. The third-order valence-electron chi connectivity index (χ3n) is 2.69. The first kappa shape index (κ1) is 7.54. The van der Waals surface area contributed by atoms with Gasteiger partial charge in [0, 0.05) is 37.5 Å². The van der Waals surface area contributed by atoms with E-state index >= 15 is 0 Å². The van der Waals surface area contributed by atoms with Crippen LogP contribution < -0.4 is 15.0 Å². The smallest absolute Gasteiger partial charge is 0.270 e. The molecule has 7 nitrogen and oxygen atoms in total. The molecule has 2 N–H and O–H groups in total. The molecule has 8 heteroatoms. The first-order valence-corrected chi connectivity index (χ1v) is 7.00. The van der Waals surface area contributed by atoms with E-state index in [1.54, 1.807) is 0 Å². The minimum absolute atomic E-state index is 0.0336. The SMILES string of the molecule is [2H]C([2H])([2H])C(NC[C@@]([2H])(O)COc1nsnc1N1CCOCC1)(C([2H])([2H])[2H])C([2H])([2H])[2H]. The fraction of sp³-hybridized carbons (Fsp3) is 0.846. The summed E-state index contributed by atoms with van der Waals surface area (Å²) in [6.07, 6.45) is -2.57. The lowest BCUT2D eigenvalue weighted by Crippen LogP contribution is -2.42. The predicted octanol–water partition coefficient (Wildman–Crippen LogP) is 0.502. The molecule has 0 saturated carbocycles. The highest BCUT2D eigenvalue weighted by Gasteiger charge is 2.21. The van der Waals surface area contributed by atoms with E-state index in [0.29, 0.717) is 32.1 Å². The average Bonchev–Trinajstić information content (AvgIpc) is 3.06. The van der Waals surface area contributed by atoms with Crippen molar-refractivity contribution in [2.45, 2.75) is 32.2 Å². The second-order valence-electron chi connectivity index (χ2n) is 4.45. The first-order valence-electron chi connectivity index (χ1n) is 11.3. The van der Waals surface area contributed by atoms with E-state index in [9.17, 15) is 5.11 Å². The molecule has 1 aromatic rings. The number of nitrogens with one attached hydrogen (secondary N) is 1. The van der Waals surface area contributed by atoms with Gasteiger partial charge in [0.05, 0.1) is 26.3 Å². The van der Waals surface area contributed by atoms with Crippen molar-refractivity contribution < 1.29 is 28.3 Å². The fourth-order valence-electron chi connectivity index (χ4n) is 1.67. The highest BCUT2D eigenvalue weighted by molar-refractivity contribution is 6.99. The van der Waals surface area contributed by atoms with Crippen LogP contribution in [0.2, 0.25) is 0 Å². The van der Waals surface area contributed by atoms with Crippen LogP contribution in [0.25, 0.3) is 0 Å². The van der Waals surface area contributed by atoms with E-state index in [1.165, 1.54) is 0 Å². The second-order valence-corrected chi connectivity index (χ2v) is 4.98. The van der Waals surface area contributed by atoms with Crippen molar-refractivity contribution in [3.05, 3.63) is 0 Å². The molecular formula is C13H24N4O3S. The maximum atomic E-state index is 10.3. The molecular weight excluding hydrogens is 292 g/mol. The molecule has 0 spiro atoms. The van der Waals surface area contributed by atoms with E-state index in [2.05, 4.69) is 8.75 Å². The minimum atomic E-state index is -3.50. The van der Waals surface area contributed by atoms with Crippen molar-refractivity contribution in [3.8, 4) is 5.88 Å². The Morgan fingerprint density at radius 3 is 3.00 bits per heavy atom. The average molecular weight is 326 g/mol. The zero-order chi connectivity index (χ0) is 23.7. The summed E-state index contributed by atoms with van der Waals surface area (Å²) in [6.45, 7) is -10.2. The Labute approximate surface area is 143 Å². The Kier molecular flexibility index (Phi) is 2.64. The van der Waals surface area contributed by atoms with Gasteiger partial charge in [-0.15, -0.1) is 4.37 Å². The van der Waals surface area contributed by atoms with Crippen molar-refractivity contribution in [2.24, 2.45) is 0 Å². The molecule has 2 heterocycles. The normalized spacial score (nSPS) is 28.1. The molecule has 2 rings (SSSR count). The number of nitrogens with zero attached hydrogens (tertiary/aromatic N) is 3. The Hall–Kier alpha value is -0.960. The van der Waals surface area contributed by atoms with Crippen LogP contribution in [0.15, 0.2) is 0 Å². The Morgan fingerprint density at radius 2 is 2.29 bits per heavy atom. The lowest BCUT2D eigenvalue weighted by molar-refractivity contribution is 0.0975. The molecule has 0 bridgehead atoms. The molecule has 120 valence electrons. The molecule has 0 aliphatic carbocycles. The third-order valence-corrected chi connectivity index (χ3v) is 3.19. The highest BCUT2D eigenvalue weighted by Crippen LogP contribution is 2.26. The number of β-amino-alcohol motifs (C(OH)–C–C–N with tert-alkyl or cyclic N) is 1. The highest BCUT2D eigenvalue weighted by atomic mass is 32.1. The van der Waals surface area contributed by atoms with E-state index in [1.807, 2.05) is 10.2 Å². The summed E-state index contributed by atoms with van der Waals surface area (Å²) in [4.78, 5) is 1.84. The van der Waals surface area contributed by atoms with Gasteiger partial charge in [-0.05, 0) is 20.6 Å². The fourth-order valence-corrected chi connectivity index (χ4v) is 2.19. The number of aliphatic hydroxyl groups is 1. The number of hydrogen-bond donors (Lipinski definition) is 2. The maximum absolute atomic E-state index is 10.3. The molecule has 0 aromatic carbocycles. The molecule has 1 aromatic heterocycles. The summed E-state index contributed by atoms with van der Waals surface area (Å²) in [5.41, 5.74) is -3.36. The Bertz CT molecular complexity index is 694. The van der Waals surface area contributed by atoms with Gasteiger partial charge in [0.15, 0.2) is 0 Å². The summed E-state index contributed by atoms with van der Waals surface area (Å²) in [5.74, 6) is 0.421. The largest absolute Gasteiger partial charge is 0.472 e. The van der Waals surface area contributed by atoms with E-state index < -0.39 is 45.3 Å². The second kappa shape index (κ2) is 7.35. The first-order chi connectivity index (χ1) is 14.0.